The Morgan fingerprint density at radius 3 is 1.26 bits per heavy atom. The minimum atomic E-state index is -1.14. The van der Waals surface area contributed by atoms with Gasteiger partial charge >= 0.3 is 24.2 Å². The van der Waals surface area contributed by atoms with Crippen LogP contribution in [0.1, 0.15) is 41.5 Å². The van der Waals surface area contributed by atoms with Crippen LogP contribution in [0.3, 0.4) is 0 Å². The van der Waals surface area contributed by atoms with Gasteiger partial charge in [-0.2, -0.15) is 0 Å². The van der Waals surface area contributed by atoms with Crippen molar-refractivity contribution >= 4 is 24.2 Å². The number of hydrogen-bond acceptors (Lipinski definition) is 9. The maximum atomic E-state index is 11.3. The molecule has 0 radical (unpaired) electrons. The Kier molecular flexibility index (Phi) is 7.67. The molecule has 0 saturated carbocycles. The Bertz CT molecular complexity index is 416. The number of carbonyl (C=O) groups excluding carboxylic acids is 4. The van der Waals surface area contributed by atoms with E-state index in [1.165, 1.54) is 0 Å². The SMILES string of the molecule is CC(C)(C)OC(=O)OC(=O)CNCC(=O)OC(=O)OC(C)(C)C. The third-order valence-corrected chi connectivity index (χ3v) is 1.71. The number of rotatable bonds is 4. The van der Waals surface area contributed by atoms with Crippen molar-refractivity contribution in [3.8, 4) is 0 Å². The molecular formula is C14H23NO8. The molecular weight excluding hydrogens is 310 g/mol. The average molecular weight is 333 g/mol. The monoisotopic (exact) mass is 333 g/mol. The lowest BCUT2D eigenvalue weighted by atomic mass is 10.2. The van der Waals surface area contributed by atoms with Gasteiger partial charge in [0.05, 0.1) is 13.1 Å². The summed E-state index contributed by atoms with van der Waals surface area (Å²) in [6, 6.07) is 0. The number of esters is 2. The van der Waals surface area contributed by atoms with Crippen LogP contribution >= 0.6 is 0 Å². The van der Waals surface area contributed by atoms with Gasteiger partial charge in [0.2, 0.25) is 0 Å². The molecule has 0 bridgehead atoms. The Morgan fingerprint density at radius 1 is 0.696 bits per heavy atom. The largest absolute Gasteiger partial charge is 0.516 e. The van der Waals surface area contributed by atoms with E-state index in [-0.39, 0.29) is 0 Å². The molecule has 0 fully saturated rings. The van der Waals surface area contributed by atoms with Gasteiger partial charge in [0, 0.05) is 0 Å². The minimum Gasteiger partial charge on any atom is -0.428 e. The maximum absolute atomic E-state index is 11.3. The minimum absolute atomic E-state index is 0.442. The van der Waals surface area contributed by atoms with Crippen molar-refractivity contribution in [3.63, 3.8) is 0 Å². The first-order valence-electron chi connectivity index (χ1n) is 6.86. The molecule has 9 heteroatoms. The lowest BCUT2D eigenvalue weighted by molar-refractivity contribution is -0.141. The fraction of sp³-hybridized carbons (Fsp3) is 0.714. The van der Waals surface area contributed by atoms with E-state index in [0.717, 1.165) is 0 Å². The quantitative estimate of drug-likeness (QED) is 0.603. The first kappa shape index (κ1) is 20.8. The molecule has 0 saturated heterocycles. The molecule has 132 valence electrons. The van der Waals surface area contributed by atoms with Crippen molar-refractivity contribution in [2.24, 2.45) is 0 Å². The molecule has 0 spiro atoms. The molecule has 23 heavy (non-hydrogen) atoms. The first-order chi connectivity index (χ1) is 10.3. The van der Waals surface area contributed by atoms with Gasteiger partial charge in [0.25, 0.3) is 0 Å². The molecule has 0 aromatic heterocycles. The second-order valence-electron chi connectivity index (χ2n) is 6.48. The van der Waals surface area contributed by atoms with E-state index < -0.39 is 48.5 Å². The molecule has 0 aliphatic rings. The van der Waals surface area contributed by atoms with Crippen molar-refractivity contribution in [2.75, 3.05) is 13.1 Å². The predicted octanol–water partition coefficient (Wildman–Crippen LogP) is 1.53. The van der Waals surface area contributed by atoms with Gasteiger partial charge in [-0.3, -0.25) is 14.9 Å². The Morgan fingerprint density at radius 2 is 1.00 bits per heavy atom. The summed E-state index contributed by atoms with van der Waals surface area (Å²) in [5.41, 5.74) is -1.58. The summed E-state index contributed by atoms with van der Waals surface area (Å²) in [4.78, 5) is 45.0. The topological polar surface area (TPSA) is 117 Å². The van der Waals surface area contributed by atoms with E-state index in [9.17, 15) is 19.2 Å². The summed E-state index contributed by atoms with van der Waals surface area (Å²) in [5.74, 6) is -1.88. The summed E-state index contributed by atoms with van der Waals surface area (Å²) in [7, 11) is 0. The second-order valence-corrected chi connectivity index (χ2v) is 6.48. The smallest absolute Gasteiger partial charge is 0.428 e. The second kappa shape index (κ2) is 8.47. The van der Waals surface area contributed by atoms with Gasteiger partial charge in [-0.25, -0.2) is 9.59 Å². The van der Waals surface area contributed by atoms with Crippen LogP contribution in [0.2, 0.25) is 0 Å². The molecule has 0 amide bonds. The summed E-state index contributed by atoms with van der Waals surface area (Å²) in [6.45, 7) is 8.80. The van der Waals surface area contributed by atoms with E-state index in [0.29, 0.717) is 0 Å². The van der Waals surface area contributed by atoms with Gasteiger partial charge in [0.15, 0.2) is 0 Å². The standard InChI is InChI=1S/C14H23NO8/c1-13(2,3)22-11(18)20-9(16)7-15-8-10(17)21-12(19)23-14(4,5)6/h15H,7-8H2,1-6H3. The van der Waals surface area contributed by atoms with E-state index in [1.54, 1.807) is 41.5 Å². The molecule has 9 nitrogen and oxygen atoms in total. The molecule has 0 aliphatic heterocycles. The van der Waals surface area contributed by atoms with Gasteiger partial charge in [-0.15, -0.1) is 0 Å². The first-order valence-corrected chi connectivity index (χ1v) is 6.86. The van der Waals surface area contributed by atoms with E-state index in [4.69, 9.17) is 9.47 Å². The molecule has 0 unspecified atom stereocenters. The molecule has 0 aromatic carbocycles. The zero-order chi connectivity index (χ0) is 18.3. The normalized spacial score (nSPS) is 11.4. The third-order valence-electron chi connectivity index (χ3n) is 1.71. The highest BCUT2D eigenvalue weighted by molar-refractivity contribution is 5.85. The van der Waals surface area contributed by atoms with Crippen LogP contribution in [-0.4, -0.2) is 48.5 Å². The average Bonchev–Trinajstić information content (AvgIpc) is 2.22. The van der Waals surface area contributed by atoms with Gasteiger partial charge < -0.3 is 18.9 Å². The lowest BCUT2D eigenvalue weighted by Crippen LogP contribution is -2.34. The summed E-state index contributed by atoms with van der Waals surface area (Å²) < 4.78 is 18.2. The number of ether oxygens (including phenoxy) is 4. The van der Waals surface area contributed by atoms with Crippen molar-refractivity contribution in [3.05, 3.63) is 0 Å². The highest BCUT2D eigenvalue weighted by Crippen LogP contribution is 2.08. The highest BCUT2D eigenvalue weighted by atomic mass is 16.8. The molecule has 0 atom stereocenters. The molecule has 0 rings (SSSR count). The van der Waals surface area contributed by atoms with Crippen molar-refractivity contribution in [2.45, 2.75) is 52.7 Å². The summed E-state index contributed by atoms with van der Waals surface area (Å²) in [6.07, 6.45) is -2.28. The third kappa shape index (κ3) is 13.2. The number of carbonyl (C=O) groups is 4. The van der Waals surface area contributed by atoms with Crippen molar-refractivity contribution in [1.29, 1.82) is 0 Å². The fourth-order valence-corrected chi connectivity index (χ4v) is 1.07. The summed E-state index contributed by atoms with van der Waals surface area (Å²) >= 11 is 0. The van der Waals surface area contributed by atoms with Crippen molar-refractivity contribution < 1.29 is 38.1 Å². The highest BCUT2D eigenvalue weighted by Gasteiger charge is 2.22. The van der Waals surface area contributed by atoms with Crippen LogP contribution in [0.5, 0.6) is 0 Å². The van der Waals surface area contributed by atoms with Gasteiger partial charge in [-0.05, 0) is 41.5 Å². The number of nitrogens with one attached hydrogen (secondary N) is 1. The Hall–Kier alpha value is -2.16. The van der Waals surface area contributed by atoms with E-state index in [1.807, 2.05) is 0 Å². The van der Waals surface area contributed by atoms with E-state index in [2.05, 4.69) is 14.8 Å². The number of hydrogen-bond donors (Lipinski definition) is 1. The van der Waals surface area contributed by atoms with Crippen LogP contribution in [-0.2, 0) is 28.5 Å². The lowest BCUT2D eigenvalue weighted by Gasteiger charge is -2.18. The van der Waals surface area contributed by atoms with Crippen LogP contribution in [0.25, 0.3) is 0 Å². The van der Waals surface area contributed by atoms with Crippen LogP contribution in [0, 0.1) is 0 Å². The Balaban J connectivity index is 3.98. The predicted molar refractivity (Wildman–Crippen MR) is 77.5 cm³/mol. The zero-order valence-electron chi connectivity index (χ0n) is 14.2. The fourth-order valence-electron chi connectivity index (χ4n) is 1.07. The van der Waals surface area contributed by atoms with Gasteiger partial charge in [0.1, 0.15) is 11.2 Å². The maximum Gasteiger partial charge on any atom is 0.516 e. The zero-order valence-corrected chi connectivity index (χ0v) is 14.2. The molecule has 0 aromatic rings. The van der Waals surface area contributed by atoms with Crippen LogP contribution in [0.15, 0.2) is 0 Å². The molecule has 0 aliphatic carbocycles. The molecule has 0 heterocycles. The van der Waals surface area contributed by atoms with E-state index >= 15 is 0 Å². The Labute approximate surface area is 134 Å². The van der Waals surface area contributed by atoms with Crippen LogP contribution < -0.4 is 5.32 Å². The van der Waals surface area contributed by atoms with Crippen molar-refractivity contribution in [1.82, 2.24) is 5.32 Å². The summed E-state index contributed by atoms with van der Waals surface area (Å²) in [5, 5.41) is 2.36. The van der Waals surface area contributed by atoms with Crippen LogP contribution in [0.4, 0.5) is 9.59 Å². The van der Waals surface area contributed by atoms with Gasteiger partial charge in [-0.1, -0.05) is 0 Å². The molecule has 1 N–H and O–H groups in total.